The van der Waals surface area contributed by atoms with Gasteiger partial charge in [0.2, 0.25) is 0 Å². The first kappa shape index (κ1) is 21.8. The van der Waals surface area contributed by atoms with Gasteiger partial charge in [0.15, 0.2) is 5.78 Å². The average Bonchev–Trinajstić information content (AvgIpc) is 3.52. The van der Waals surface area contributed by atoms with Crippen LogP contribution < -0.4 is 10.6 Å². The van der Waals surface area contributed by atoms with Crippen LogP contribution in [0.2, 0.25) is 5.02 Å². The zero-order chi connectivity index (χ0) is 21.8. The number of nitrogens with one attached hydrogen (secondary N) is 2. The van der Waals surface area contributed by atoms with E-state index in [9.17, 15) is 14.0 Å². The summed E-state index contributed by atoms with van der Waals surface area (Å²) in [5.74, 6) is 0.937. The second kappa shape index (κ2) is 9.79. The van der Waals surface area contributed by atoms with Crippen LogP contribution in [0.15, 0.2) is 48.5 Å². The molecule has 2 amide bonds. The average molecular weight is 444 g/mol. The Kier molecular flexibility index (Phi) is 6.88. The highest BCUT2D eigenvalue weighted by molar-refractivity contribution is 6.30. The molecule has 4 rings (SSSR count). The maximum atomic E-state index is 13.1. The number of piperidine rings is 1. The third-order valence-corrected chi connectivity index (χ3v) is 6.53. The van der Waals surface area contributed by atoms with Crippen molar-refractivity contribution in [1.82, 2.24) is 10.2 Å². The lowest BCUT2D eigenvalue weighted by Crippen LogP contribution is -2.38. The second-order valence-electron chi connectivity index (χ2n) is 8.54. The monoisotopic (exact) mass is 443 g/mol. The van der Waals surface area contributed by atoms with Crippen molar-refractivity contribution in [1.29, 1.82) is 0 Å². The molecule has 0 aromatic heterocycles. The van der Waals surface area contributed by atoms with Crippen LogP contribution in [0.5, 0.6) is 0 Å². The molecule has 31 heavy (non-hydrogen) atoms. The van der Waals surface area contributed by atoms with Gasteiger partial charge in [-0.15, -0.1) is 0 Å². The van der Waals surface area contributed by atoms with E-state index in [-0.39, 0.29) is 23.5 Å². The minimum atomic E-state index is -0.317. The quantitative estimate of drug-likeness (QED) is 0.602. The Morgan fingerprint density at radius 3 is 2.35 bits per heavy atom. The van der Waals surface area contributed by atoms with Gasteiger partial charge < -0.3 is 15.5 Å². The molecule has 0 radical (unpaired) electrons. The van der Waals surface area contributed by atoms with Crippen LogP contribution in [0.3, 0.4) is 0 Å². The number of hydrogen-bond donors (Lipinski definition) is 2. The number of benzene rings is 2. The van der Waals surface area contributed by atoms with E-state index < -0.39 is 0 Å². The Labute approximate surface area is 187 Å². The van der Waals surface area contributed by atoms with E-state index in [2.05, 4.69) is 15.5 Å². The molecule has 2 aliphatic rings. The summed E-state index contributed by atoms with van der Waals surface area (Å²) in [4.78, 5) is 27.1. The minimum Gasteiger partial charge on any atom is -0.338 e. The van der Waals surface area contributed by atoms with Gasteiger partial charge in [-0.2, -0.15) is 0 Å². The third-order valence-electron chi connectivity index (χ3n) is 6.28. The normalized spacial score (nSPS) is 21.5. The molecule has 1 heterocycles. The predicted molar refractivity (Wildman–Crippen MR) is 120 cm³/mol. The van der Waals surface area contributed by atoms with Crippen LogP contribution in [0.1, 0.15) is 29.6 Å². The highest BCUT2D eigenvalue weighted by atomic mass is 35.5. The van der Waals surface area contributed by atoms with Crippen LogP contribution in [-0.2, 0) is 0 Å². The van der Waals surface area contributed by atoms with Crippen LogP contribution in [0.4, 0.5) is 14.9 Å². The van der Waals surface area contributed by atoms with Crippen molar-refractivity contribution in [3.05, 3.63) is 64.9 Å². The molecule has 0 bridgehead atoms. The van der Waals surface area contributed by atoms with Crippen LogP contribution >= 0.6 is 11.6 Å². The van der Waals surface area contributed by atoms with Gasteiger partial charge in [0.25, 0.3) is 0 Å². The summed E-state index contributed by atoms with van der Waals surface area (Å²) in [6.45, 7) is 3.50. The second-order valence-corrected chi connectivity index (χ2v) is 8.98. The van der Waals surface area contributed by atoms with Gasteiger partial charge in [0.1, 0.15) is 5.82 Å². The number of halogens is 2. The minimum absolute atomic E-state index is 0.0231. The number of anilines is 1. The van der Waals surface area contributed by atoms with Crippen LogP contribution in [0.25, 0.3) is 0 Å². The lowest BCUT2D eigenvalue weighted by atomic mass is 9.89. The first-order valence-corrected chi connectivity index (χ1v) is 11.2. The largest absolute Gasteiger partial charge is 0.338 e. The maximum Gasteiger partial charge on any atom is 0.319 e. The molecule has 2 N–H and O–H groups in total. The van der Waals surface area contributed by atoms with E-state index in [0.717, 1.165) is 38.9 Å². The molecule has 7 heteroatoms. The smallest absolute Gasteiger partial charge is 0.319 e. The third kappa shape index (κ3) is 6.05. The number of carbonyl (C=O) groups is 2. The Morgan fingerprint density at radius 2 is 1.68 bits per heavy atom. The fourth-order valence-corrected chi connectivity index (χ4v) is 4.40. The van der Waals surface area contributed by atoms with Gasteiger partial charge in [-0.1, -0.05) is 11.6 Å². The maximum absolute atomic E-state index is 13.1. The van der Waals surface area contributed by atoms with Crippen molar-refractivity contribution in [2.45, 2.75) is 19.3 Å². The number of urea groups is 1. The zero-order valence-electron chi connectivity index (χ0n) is 17.3. The number of hydrogen-bond acceptors (Lipinski definition) is 3. The fourth-order valence-electron chi connectivity index (χ4n) is 4.28. The van der Waals surface area contributed by atoms with Gasteiger partial charge in [0, 0.05) is 35.3 Å². The molecular weight excluding hydrogens is 417 g/mol. The molecule has 164 valence electrons. The molecule has 2 fully saturated rings. The first-order chi connectivity index (χ1) is 15.0. The molecule has 5 nitrogen and oxygen atoms in total. The first-order valence-electron chi connectivity index (χ1n) is 10.8. The van der Waals surface area contributed by atoms with Crippen molar-refractivity contribution in [2.75, 3.05) is 31.5 Å². The van der Waals surface area contributed by atoms with E-state index in [1.54, 1.807) is 36.4 Å². The number of nitrogens with zero attached hydrogens (tertiary/aromatic N) is 1. The van der Waals surface area contributed by atoms with Crippen LogP contribution in [0, 0.1) is 23.6 Å². The summed E-state index contributed by atoms with van der Waals surface area (Å²) < 4.78 is 13.1. The predicted octanol–water partition coefficient (Wildman–Crippen LogP) is 4.83. The molecule has 1 aliphatic carbocycles. The molecule has 1 saturated heterocycles. The Bertz CT molecular complexity index is 911. The van der Waals surface area contributed by atoms with E-state index in [1.807, 2.05) is 0 Å². The van der Waals surface area contributed by atoms with Crippen molar-refractivity contribution in [3.63, 3.8) is 0 Å². The molecule has 0 unspecified atom stereocenters. The van der Waals surface area contributed by atoms with Gasteiger partial charge >= 0.3 is 6.03 Å². The molecule has 1 saturated carbocycles. The Balaban J connectivity index is 1.13. The SMILES string of the molecule is O=C(NC[C@@H]1C[C@H]1CN1CCC(C(=O)c2ccc(F)cc2)CC1)Nc1ccc(Cl)cc1. The summed E-state index contributed by atoms with van der Waals surface area (Å²) in [6.07, 6.45) is 2.81. The number of amides is 2. The van der Waals surface area contributed by atoms with E-state index in [4.69, 9.17) is 11.6 Å². The summed E-state index contributed by atoms with van der Waals surface area (Å²) >= 11 is 5.85. The molecule has 2 atom stereocenters. The number of Topliss-reactive ketones (excluding diaryl/α,β-unsaturated/α-hetero) is 1. The van der Waals surface area contributed by atoms with Gasteiger partial charge in [-0.3, -0.25) is 4.79 Å². The summed E-state index contributed by atoms with van der Waals surface area (Å²) in [5.41, 5.74) is 1.32. The number of ketones is 1. The Hall–Kier alpha value is -2.44. The van der Waals surface area contributed by atoms with Crippen LogP contribution in [-0.4, -0.2) is 42.9 Å². The number of likely N-dealkylation sites (tertiary alicyclic amines) is 1. The number of rotatable bonds is 7. The Morgan fingerprint density at radius 1 is 1.00 bits per heavy atom. The lowest BCUT2D eigenvalue weighted by Gasteiger charge is -2.31. The van der Waals surface area contributed by atoms with Gasteiger partial charge in [-0.25, -0.2) is 9.18 Å². The lowest BCUT2D eigenvalue weighted by molar-refractivity contribution is 0.0835. The van der Waals surface area contributed by atoms with Gasteiger partial charge in [0.05, 0.1) is 0 Å². The van der Waals surface area contributed by atoms with Crippen molar-refractivity contribution in [3.8, 4) is 0 Å². The zero-order valence-corrected chi connectivity index (χ0v) is 18.1. The summed E-state index contributed by atoms with van der Waals surface area (Å²) in [6, 6.07) is 12.7. The molecule has 1 aliphatic heterocycles. The molecular formula is C24H27ClFN3O2. The van der Waals surface area contributed by atoms with Crippen molar-refractivity contribution >= 4 is 29.1 Å². The topological polar surface area (TPSA) is 61.4 Å². The van der Waals surface area contributed by atoms with Gasteiger partial charge in [-0.05, 0) is 92.7 Å². The highest BCUT2D eigenvalue weighted by Gasteiger charge is 2.39. The highest BCUT2D eigenvalue weighted by Crippen LogP contribution is 2.39. The van der Waals surface area contributed by atoms with E-state index in [1.165, 1.54) is 12.1 Å². The standard InChI is InChI=1S/C24H27ClFN3O2/c25-20-3-7-22(8-4-20)28-24(31)27-14-18-13-19(18)15-29-11-9-17(10-12-29)23(30)16-1-5-21(26)6-2-16/h1-8,17-19H,9-15H2,(H2,27,28,31)/t18-,19-/m0/s1. The number of carbonyl (C=O) groups excluding carboxylic acids is 2. The van der Waals surface area contributed by atoms with Crippen molar-refractivity contribution in [2.24, 2.45) is 17.8 Å². The molecule has 0 spiro atoms. The van der Waals surface area contributed by atoms with Crippen molar-refractivity contribution < 1.29 is 14.0 Å². The summed E-state index contributed by atoms with van der Waals surface area (Å²) in [7, 11) is 0. The summed E-state index contributed by atoms with van der Waals surface area (Å²) in [5, 5.41) is 6.39. The molecule has 2 aromatic carbocycles. The molecule has 2 aromatic rings. The van der Waals surface area contributed by atoms with E-state index >= 15 is 0 Å². The fraction of sp³-hybridized carbons (Fsp3) is 0.417. The van der Waals surface area contributed by atoms with E-state index in [0.29, 0.717) is 34.7 Å².